The number of aliphatic carboxylic acids is 1. The molecule has 0 radical (unpaired) electrons. The first kappa shape index (κ1) is 25.4. The summed E-state index contributed by atoms with van der Waals surface area (Å²) in [5, 5.41) is 9.67. The summed E-state index contributed by atoms with van der Waals surface area (Å²) in [7, 11) is 0. The molecule has 2 amide bonds. The molecule has 10 heteroatoms. The molecular weight excluding hydrogens is 497 g/mol. The van der Waals surface area contributed by atoms with Crippen molar-refractivity contribution < 1.29 is 32.6 Å². The van der Waals surface area contributed by atoms with Gasteiger partial charge < -0.3 is 14.7 Å². The Bertz CT molecular complexity index is 1250. The second-order valence-electron chi connectivity index (χ2n) is 8.35. The number of carbonyl (C=O) groups excluding carboxylic acids is 1. The van der Waals surface area contributed by atoms with E-state index in [0.717, 1.165) is 12.1 Å². The van der Waals surface area contributed by atoms with Crippen molar-refractivity contribution in [1.82, 2.24) is 4.90 Å². The van der Waals surface area contributed by atoms with E-state index in [-0.39, 0.29) is 13.0 Å². The molecule has 0 aliphatic carbocycles. The summed E-state index contributed by atoms with van der Waals surface area (Å²) in [6, 6.07) is 16.3. The van der Waals surface area contributed by atoms with Gasteiger partial charge in [-0.1, -0.05) is 23.7 Å². The number of anilines is 1. The van der Waals surface area contributed by atoms with Crippen molar-refractivity contribution in [2.24, 2.45) is 0 Å². The predicted octanol–water partition coefficient (Wildman–Crippen LogP) is 7.00. The highest BCUT2D eigenvalue weighted by Crippen LogP contribution is 2.41. The number of rotatable bonds is 7. The number of halogens is 4. The molecule has 2 atom stereocenters. The lowest BCUT2D eigenvalue weighted by atomic mass is 9.97. The second-order valence-corrected chi connectivity index (χ2v) is 8.78. The number of carboxylic acid groups (broad SMARTS) is 1. The van der Waals surface area contributed by atoms with Gasteiger partial charge in [-0.05, 0) is 73.2 Å². The molecular formula is C26H22ClF3N2O4. The summed E-state index contributed by atoms with van der Waals surface area (Å²) in [5.41, 5.74) is -0.0872. The molecule has 188 valence electrons. The SMILES string of the molecule is CC1C(c2cccc(C(F)(F)F)c2)N(c2ccc(Oc3ccc(Cl)cc3)cc2)C(=O)N1CCC(=O)O. The Hall–Kier alpha value is -3.72. The fraction of sp³-hybridized carbons (Fsp3) is 0.231. The van der Waals surface area contributed by atoms with Crippen LogP contribution in [-0.4, -0.2) is 34.6 Å². The molecule has 6 nitrogen and oxygen atoms in total. The van der Waals surface area contributed by atoms with Crippen LogP contribution < -0.4 is 9.64 Å². The third kappa shape index (κ3) is 5.41. The Morgan fingerprint density at radius 2 is 1.64 bits per heavy atom. The molecule has 0 spiro atoms. The normalized spacial score (nSPS) is 18.0. The fourth-order valence-corrected chi connectivity index (χ4v) is 4.37. The molecule has 36 heavy (non-hydrogen) atoms. The first-order valence-corrected chi connectivity index (χ1v) is 11.4. The number of nitrogens with zero attached hydrogens (tertiary/aromatic N) is 2. The van der Waals surface area contributed by atoms with Gasteiger partial charge in [0.25, 0.3) is 0 Å². The van der Waals surface area contributed by atoms with E-state index >= 15 is 0 Å². The van der Waals surface area contributed by atoms with Crippen LogP contribution in [0.4, 0.5) is 23.7 Å². The lowest BCUT2D eigenvalue weighted by Gasteiger charge is -2.26. The van der Waals surface area contributed by atoms with E-state index in [0.29, 0.717) is 27.8 Å². The van der Waals surface area contributed by atoms with E-state index in [4.69, 9.17) is 21.4 Å². The minimum atomic E-state index is -4.55. The van der Waals surface area contributed by atoms with Crippen LogP contribution in [0.25, 0.3) is 0 Å². The van der Waals surface area contributed by atoms with Crippen molar-refractivity contribution in [1.29, 1.82) is 0 Å². The van der Waals surface area contributed by atoms with Crippen LogP contribution in [0.2, 0.25) is 5.02 Å². The zero-order chi connectivity index (χ0) is 26.0. The Balaban J connectivity index is 1.68. The molecule has 0 saturated carbocycles. The molecule has 1 heterocycles. The molecule has 1 aliphatic heterocycles. The van der Waals surface area contributed by atoms with E-state index in [1.54, 1.807) is 55.5 Å². The standard InChI is InChI=1S/C26H22ClF3N2O4/c1-16-24(17-3-2-4-18(15-17)26(28,29)30)32(25(35)31(16)14-13-23(33)34)20-7-11-22(12-8-20)36-21-9-5-19(27)6-10-21/h2-12,15-16,24H,13-14H2,1H3,(H,33,34). The van der Waals surface area contributed by atoms with Crippen molar-refractivity contribution in [2.45, 2.75) is 31.6 Å². The summed E-state index contributed by atoms with van der Waals surface area (Å²) >= 11 is 5.89. The molecule has 3 aromatic rings. The molecule has 2 unspecified atom stereocenters. The van der Waals surface area contributed by atoms with Gasteiger partial charge in [0.05, 0.1) is 24.1 Å². The van der Waals surface area contributed by atoms with Gasteiger partial charge in [0.2, 0.25) is 0 Å². The van der Waals surface area contributed by atoms with Gasteiger partial charge >= 0.3 is 18.2 Å². The van der Waals surface area contributed by atoms with Crippen LogP contribution in [0, 0.1) is 0 Å². The number of hydrogen-bond acceptors (Lipinski definition) is 3. The van der Waals surface area contributed by atoms with Crippen molar-refractivity contribution in [3.8, 4) is 11.5 Å². The van der Waals surface area contributed by atoms with Crippen molar-refractivity contribution in [3.05, 3.63) is 88.9 Å². The Kier molecular flexibility index (Phi) is 7.12. The summed E-state index contributed by atoms with van der Waals surface area (Å²) in [4.78, 5) is 27.3. The van der Waals surface area contributed by atoms with Gasteiger partial charge in [0.1, 0.15) is 11.5 Å². The van der Waals surface area contributed by atoms with Crippen LogP contribution in [0.1, 0.15) is 30.5 Å². The summed E-state index contributed by atoms with van der Waals surface area (Å²) in [6.45, 7) is 1.63. The molecule has 0 aromatic heterocycles. The summed E-state index contributed by atoms with van der Waals surface area (Å²) < 4.78 is 46.0. The Morgan fingerprint density at radius 1 is 1.03 bits per heavy atom. The van der Waals surface area contributed by atoms with E-state index in [2.05, 4.69) is 0 Å². The lowest BCUT2D eigenvalue weighted by Crippen LogP contribution is -2.35. The van der Waals surface area contributed by atoms with Crippen LogP contribution in [0.5, 0.6) is 11.5 Å². The number of carbonyl (C=O) groups is 2. The lowest BCUT2D eigenvalue weighted by molar-refractivity contribution is -0.138. The maximum absolute atomic E-state index is 13.4. The number of alkyl halides is 3. The number of amides is 2. The quantitative estimate of drug-likeness (QED) is 0.365. The average Bonchev–Trinajstić information content (AvgIpc) is 3.08. The summed E-state index contributed by atoms with van der Waals surface area (Å²) in [5.74, 6) is -0.0356. The van der Waals surface area contributed by atoms with Crippen LogP contribution in [0.3, 0.4) is 0 Å². The first-order valence-electron chi connectivity index (χ1n) is 11.1. The van der Waals surface area contributed by atoms with Gasteiger partial charge in [0.15, 0.2) is 0 Å². The van der Waals surface area contributed by atoms with Crippen LogP contribution in [-0.2, 0) is 11.0 Å². The average molecular weight is 519 g/mol. The number of ether oxygens (including phenoxy) is 1. The highest BCUT2D eigenvalue weighted by molar-refractivity contribution is 6.30. The molecule has 1 fully saturated rings. The molecule has 0 bridgehead atoms. The monoisotopic (exact) mass is 518 g/mol. The fourth-order valence-electron chi connectivity index (χ4n) is 4.24. The number of hydrogen-bond donors (Lipinski definition) is 1. The van der Waals surface area contributed by atoms with E-state index in [1.165, 1.54) is 21.9 Å². The van der Waals surface area contributed by atoms with Crippen molar-refractivity contribution in [2.75, 3.05) is 11.4 Å². The molecule has 1 N–H and O–H groups in total. The number of benzene rings is 3. The summed E-state index contributed by atoms with van der Waals surface area (Å²) in [6.07, 6.45) is -4.83. The van der Waals surface area contributed by atoms with E-state index in [9.17, 15) is 22.8 Å². The van der Waals surface area contributed by atoms with E-state index in [1.807, 2.05) is 0 Å². The number of carboxylic acids is 1. The zero-order valence-electron chi connectivity index (χ0n) is 19.1. The van der Waals surface area contributed by atoms with Gasteiger partial charge in [-0.2, -0.15) is 13.2 Å². The maximum Gasteiger partial charge on any atom is 0.416 e. The first-order chi connectivity index (χ1) is 17.0. The minimum absolute atomic E-state index is 0.0704. The molecule has 1 aliphatic rings. The maximum atomic E-state index is 13.4. The van der Waals surface area contributed by atoms with Gasteiger partial charge in [0, 0.05) is 17.3 Å². The van der Waals surface area contributed by atoms with Crippen LogP contribution >= 0.6 is 11.6 Å². The highest BCUT2D eigenvalue weighted by Gasteiger charge is 2.45. The minimum Gasteiger partial charge on any atom is -0.481 e. The highest BCUT2D eigenvalue weighted by atomic mass is 35.5. The Morgan fingerprint density at radius 3 is 2.22 bits per heavy atom. The van der Waals surface area contributed by atoms with Crippen molar-refractivity contribution in [3.63, 3.8) is 0 Å². The predicted molar refractivity (Wildman–Crippen MR) is 128 cm³/mol. The van der Waals surface area contributed by atoms with Gasteiger partial charge in [-0.25, -0.2) is 4.79 Å². The molecule has 4 rings (SSSR count). The second kappa shape index (κ2) is 10.1. The van der Waals surface area contributed by atoms with Gasteiger partial charge in [-0.15, -0.1) is 0 Å². The van der Waals surface area contributed by atoms with Gasteiger partial charge in [-0.3, -0.25) is 9.69 Å². The molecule has 1 saturated heterocycles. The zero-order valence-corrected chi connectivity index (χ0v) is 19.8. The largest absolute Gasteiger partial charge is 0.481 e. The molecule has 3 aromatic carbocycles. The van der Waals surface area contributed by atoms with Crippen LogP contribution in [0.15, 0.2) is 72.8 Å². The topological polar surface area (TPSA) is 70.1 Å². The smallest absolute Gasteiger partial charge is 0.416 e. The third-order valence-electron chi connectivity index (χ3n) is 5.96. The number of urea groups is 1. The third-order valence-corrected chi connectivity index (χ3v) is 6.22. The van der Waals surface area contributed by atoms with E-state index < -0.39 is 35.8 Å². The van der Waals surface area contributed by atoms with Crippen molar-refractivity contribution >= 4 is 29.3 Å². The Labute approximate surface area is 210 Å².